The fourth-order valence-corrected chi connectivity index (χ4v) is 5.63. The molecule has 35 heavy (non-hydrogen) atoms. The molecular weight excluding hydrogens is 504 g/mol. The van der Waals surface area contributed by atoms with Gasteiger partial charge >= 0.3 is 0 Å². The van der Waals surface area contributed by atoms with Gasteiger partial charge in [0, 0.05) is 17.3 Å². The minimum atomic E-state index is -1.36. The monoisotopic (exact) mass is 526 g/mol. The van der Waals surface area contributed by atoms with Crippen LogP contribution in [0.15, 0.2) is 77.8 Å². The summed E-state index contributed by atoms with van der Waals surface area (Å²) in [5.74, 6) is 0.0617. The molecule has 0 radical (unpaired) electrons. The average molecular weight is 527 g/mol. The Morgan fingerprint density at radius 2 is 1.71 bits per heavy atom. The zero-order valence-corrected chi connectivity index (χ0v) is 20.9. The second-order valence-corrected chi connectivity index (χ2v) is 9.99. The second kappa shape index (κ2) is 11.9. The molecule has 1 aliphatic heterocycles. The lowest BCUT2D eigenvalue weighted by molar-refractivity contribution is -0.115. The molecule has 0 bridgehead atoms. The molecule has 1 aromatic heterocycles. The van der Waals surface area contributed by atoms with Gasteiger partial charge in [-0.05, 0) is 23.3 Å². The van der Waals surface area contributed by atoms with Crippen LogP contribution in [-0.4, -0.2) is 43.7 Å². The Labute approximate surface area is 214 Å². The highest BCUT2D eigenvalue weighted by molar-refractivity contribution is 7.86. The van der Waals surface area contributed by atoms with E-state index in [1.807, 2.05) is 72.8 Å². The van der Waals surface area contributed by atoms with Gasteiger partial charge in [-0.25, -0.2) is 0 Å². The molecule has 180 valence electrons. The molecule has 1 atom stereocenters. The molecule has 2 heterocycles. The van der Waals surface area contributed by atoms with Gasteiger partial charge in [0.2, 0.25) is 5.91 Å². The summed E-state index contributed by atoms with van der Waals surface area (Å²) in [7, 11) is -1.36. The van der Waals surface area contributed by atoms with Crippen LogP contribution in [0.3, 0.4) is 0 Å². The molecule has 8 nitrogen and oxygen atoms in total. The van der Waals surface area contributed by atoms with Crippen LogP contribution in [0, 0.1) is 0 Å². The Balaban J connectivity index is 0.000000167. The van der Waals surface area contributed by atoms with Gasteiger partial charge in [0.1, 0.15) is 16.8 Å². The molecule has 1 unspecified atom stereocenters. The van der Waals surface area contributed by atoms with Crippen LogP contribution in [0.25, 0.3) is 11.0 Å². The third kappa shape index (κ3) is 6.41. The van der Waals surface area contributed by atoms with Crippen molar-refractivity contribution < 1.29 is 9.00 Å². The van der Waals surface area contributed by atoms with Crippen molar-refractivity contribution in [2.75, 3.05) is 24.2 Å². The number of benzene rings is 3. The molecule has 0 spiro atoms. The van der Waals surface area contributed by atoms with E-state index in [-0.39, 0.29) is 11.0 Å². The topological polar surface area (TPSA) is 122 Å². The van der Waals surface area contributed by atoms with Gasteiger partial charge in [-0.3, -0.25) is 14.0 Å². The van der Waals surface area contributed by atoms with Crippen molar-refractivity contribution in [1.82, 2.24) is 14.1 Å². The number of rotatable bonds is 6. The molecule has 1 amide bonds. The van der Waals surface area contributed by atoms with Gasteiger partial charge in [-0.2, -0.15) is 8.75 Å². The predicted octanol–water partition coefficient (Wildman–Crippen LogP) is 3.73. The normalized spacial score (nSPS) is 13.5. The van der Waals surface area contributed by atoms with Crippen LogP contribution in [0.5, 0.6) is 0 Å². The number of aromatic nitrogens is 2. The van der Waals surface area contributed by atoms with Gasteiger partial charge in [0.05, 0.1) is 34.2 Å². The van der Waals surface area contributed by atoms with Crippen molar-refractivity contribution in [2.24, 2.45) is 10.7 Å². The highest BCUT2D eigenvalue weighted by Crippen LogP contribution is 2.30. The number of nitrogens with two attached hydrogens (primary N) is 1. The number of aliphatic imine (C=N–C) groups is 1. The van der Waals surface area contributed by atoms with E-state index in [1.165, 1.54) is 11.7 Å². The SMILES string of the molecule is Clc1ccc2nsnc2c1NC1=NCCN1.NC(=O)CS(=O)C(c1ccccc1)c1ccccc1. The summed E-state index contributed by atoms with van der Waals surface area (Å²) in [6.07, 6.45) is 0. The molecule has 5 rings (SSSR count). The number of carbonyl (C=O) groups is 1. The summed E-state index contributed by atoms with van der Waals surface area (Å²) in [4.78, 5) is 15.3. The lowest BCUT2D eigenvalue weighted by atomic mass is 10.0. The number of fused-ring (bicyclic) bond motifs is 1. The van der Waals surface area contributed by atoms with Crippen molar-refractivity contribution in [2.45, 2.75) is 5.25 Å². The maximum atomic E-state index is 12.4. The summed E-state index contributed by atoms with van der Waals surface area (Å²) >= 11 is 7.30. The van der Waals surface area contributed by atoms with Crippen LogP contribution in [-0.2, 0) is 15.6 Å². The Hall–Kier alpha value is -3.34. The minimum absolute atomic E-state index is 0.131. The zero-order chi connectivity index (χ0) is 24.6. The number of hydrogen-bond donors (Lipinski definition) is 3. The summed E-state index contributed by atoms with van der Waals surface area (Å²) in [5, 5.41) is 6.57. The molecule has 4 aromatic rings. The van der Waals surface area contributed by atoms with E-state index in [9.17, 15) is 9.00 Å². The van der Waals surface area contributed by atoms with E-state index in [2.05, 4.69) is 24.4 Å². The molecule has 4 N–H and O–H groups in total. The summed E-state index contributed by atoms with van der Waals surface area (Å²) in [5.41, 5.74) is 9.40. The first-order valence-corrected chi connectivity index (χ1v) is 13.2. The highest BCUT2D eigenvalue weighted by atomic mass is 35.5. The molecule has 0 fully saturated rings. The number of primary amides is 1. The Morgan fingerprint density at radius 1 is 1.06 bits per heavy atom. The summed E-state index contributed by atoms with van der Waals surface area (Å²) in [6, 6.07) is 22.7. The van der Waals surface area contributed by atoms with Gasteiger partial charge < -0.3 is 16.4 Å². The van der Waals surface area contributed by atoms with Crippen molar-refractivity contribution in [3.05, 3.63) is 88.9 Å². The molecule has 0 saturated carbocycles. The van der Waals surface area contributed by atoms with Crippen molar-refractivity contribution in [1.29, 1.82) is 0 Å². The van der Waals surface area contributed by atoms with Crippen LogP contribution >= 0.6 is 23.3 Å². The number of nitrogens with one attached hydrogen (secondary N) is 2. The molecule has 0 saturated heterocycles. The number of nitrogens with zero attached hydrogens (tertiary/aromatic N) is 3. The standard InChI is InChI=1S/C15H15NO2S.C9H8ClN5S/c16-14(17)11-19(18)15(12-7-3-1-4-8-12)13-9-5-2-6-10-13;10-5-1-2-6-8(15-16-14-6)7(5)13-9-11-3-4-12-9/h1-10,15H,11H2,(H2,16,17);1-2H,3-4H2,(H2,11,12,13). The lowest BCUT2D eigenvalue weighted by Gasteiger charge is -2.16. The largest absolute Gasteiger partial charge is 0.369 e. The number of hydrogen-bond acceptors (Lipinski definition) is 8. The van der Waals surface area contributed by atoms with Gasteiger partial charge in [0.15, 0.2) is 5.96 Å². The molecule has 11 heteroatoms. The third-order valence-corrected chi connectivity index (χ3v) is 7.54. The van der Waals surface area contributed by atoms with Crippen LogP contribution in [0.2, 0.25) is 5.02 Å². The number of anilines is 1. The Kier molecular flexibility index (Phi) is 8.40. The molecule has 0 aliphatic carbocycles. The first-order valence-electron chi connectivity index (χ1n) is 10.7. The van der Waals surface area contributed by atoms with E-state index in [1.54, 1.807) is 0 Å². The van der Waals surface area contributed by atoms with E-state index < -0.39 is 16.7 Å². The average Bonchev–Trinajstić information content (AvgIpc) is 3.55. The van der Waals surface area contributed by atoms with Crippen molar-refractivity contribution in [3.63, 3.8) is 0 Å². The lowest BCUT2D eigenvalue weighted by Crippen LogP contribution is -2.26. The third-order valence-electron chi connectivity index (χ3n) is 5.05. The smallest absolute Gasteiger partial charge is 0.230 e. The quantitative estimate of drug-likeness (QED) is 0.352. The van der Waals surface area contributed by atoms with E-state index >= 15 is 0 Å². The van der Waals surface area contributed by atoms with E-state index in [4.69, 9.17) is 17.3 Å². The minimum Gasteiger partial charge on any atom is -0.369 e. The van der Waals surface area contributed by atoms with Gasteiger partial charge in [0.25, 0.3) is 0 Å². The Bertz CT molecular complexity index is 1310. The number of amides is 1. The number of halogens is 1. The maximum absolute atomic E-state index is 12.4. The second-order valence-electron chi connectivity index (χ2n) is 7.53. The predicted molar refractivity (Wildman–Crippen MR) is 143 cm³/mol. The maximum Gasteiger partial charge on any atom is 0.230 e. The number of carbonyl (C=O) groups excluding carboxylic acids is 1. The molecule has 1 aliphatic rings. The zero-order valence-electron chi connectivity index (χ0n) is 18.6. The first-order chi connectivity index (χ1) is 17.0. The van der Waals surface area contributed by atoms with Crippen LogP contribution in [0.1, 0.15) is 16.4 Å². The fourth-order valence-electron chi connectivity index (χ4n) is 3.52. The molecule has 3 aromatic carbocycles. The van der Waals surface area contributed by atoms with Crippen LogP contribution in [0.4, 0.5) is 5.69 Å². The summed E-state index contributed by atoms with van der Waals surface area (Å²) in [6.45, 7) is 1.64. The van der Waals surface area contributed by atoms with E-state index in [0.717, 1.165) is 46.9 Å². The summed E-state index contributed by atoms with van der Waals surface area (Å²) < 4.78 is 20.8. The van der Waals surface area contributed by atoms with Crippen molar-refractivity contribution in [3.8, 4) is 0 Å². The first kappa shape index (κ1) is 24.8. The van der Waals surface area contributed by atoms with Crippen molar-refractivity contribution >= 4 is 62.7 Å². The highest BCUT2D eigenvalue weighted by Gasteiger charge is 2.22. The van der Waals surface area contributed by atoms with E-state index in [0.29, 0.717) is 5.02 Å². The van der Waals surface area contributed by atoms with Gasteiger partial charge in [-0.15, -0.1) is 0 Å². The van der Waals surface area contributed by atoms with Crippen LogP contribution < -0.4 is 16.4 Å². The molecular formula is C24H23ClN6O2S2. The number of guanidine groups is 1. The van der Waals surface area contributed by atoms with Gasteiger partial charge in [-0.1, -0.05) is 72.3 Å². The Morgan fingerprint density at radius 3 is 2.29 bits per heavy atom. The fraction of sp³-hybridized carbons (Fsp3) is 0.167.